The van der Waals surface area contributed by atoms with Crippen molar-refractivity contribution in [1.82, 2.24) is 15.0 Å². The van der Waals surface area contributed by atoms with E-state index in [1.54, 1.807) is 6.92 Å². The number of anilines is 2. The molecule has 12 heteroatoms. The lowest BCUT2D eigenvalue weighted by Crippen LogP contribution is -2.36. The molecule has 1 aromatic carbocycles. The van der Waals surface area contributed by atoms with Gasteiger partial charge in [0.15, 0.2) is 0 Å². The van der Waals surface area contributed by atoms with Gasteiger partial charge in [0.1, 0.15) is 23.0 Å². The predicted molar refractivity (Wildman–Crippen MR) is 119 cm³/mol. The molecule has 5 N–H and O–H groups in total. The number of halogens is 3. The first-order chi connectivity index (χ1) is 15.6. The van der Waals surface area contributed by atoms with Crippen LogP contribution in [0.15, 0.2) is 24.3 Å². The Balaban J connectivity index is 1.76. The molecule has 0 amide bonds. The maximum Gasteiger partial charge on any atom is 0.408 e. The predicted octanol–water partition coefficient (Wildman–Crippen LogP) is 2.94. The number of nitrogens with zero attached hydrogens (tertiary/aromatic N) is 3. The van der Waals surface area contributed by atoms with E-state index in [1.165, 1.54) is 11.3 Å². The zero-order valence-corrected chi connectivity index (χ0v) is 18.7. The number of hydrogen-bond acceptors (Lipinski definition) is 9. The summed E-state index contributed by atoms with van der Waals surface area (Å²) in [4.78, 5) is 13.1. The molecule has 5 atom stereocenters. The van der Waals surface area contributed by atoms with Crippen LogP contribution in [0.4, 0.5) is 24.9 Å². The van der Waals surface area contributed by atoms with Crippen molar-refractivity contribution in [3.63, 3.8) is 0 Å². The molecule has 178 valence electrons. The van der Waals surface area contributed by atoms with Crippen LogP contribution in [0.1, 0.15) is 19.0 Å². The number of aryl methyl sites for hydroxylation is 1. The quantitative estimate of drug-likeness (QED) is 0.363. The van der Waals surface area contributed by atoms with E-state index in [0.29, 0.717) is 16.3 Å². The molecule has 33 heavy (non-hydrogen) atoms. The van der Waals surface area contributed by atoms with Gasteiger partial charge < -0.3 is 26.0 Å². The molecule has 1 saturated carbocycles. The minimum absolute atomic E-state index is 0.188. The summed E-state index contributed by atoms with van der Waals surface area (Å²) < 4.78 is 40.1. The molecular weight excluding hydrogens is 459 g/mol. The summed E-state index contributed by atoms with van der Waals surface area (Å²) >= 11 is 1.38. The Kier molecular flexibility index (Phi) is 6.45. The van der Waals surface area contributed by atoms with Crippen molar-refractivity contribution >= 4 is 33.3 Å². The van der Waals surface area contributed by atoms with Gasteiger partial charge in [-0.15, -0.1) is 11.3 Å². The number of aliphatic hydroxyl groups is 3. The van der Waals surface area contributed by atoms with Crippen LogP contribution >= 0.6 is 11.3 Å². The number of fused-ring (bicyclic) bond motifs is 1. The van der Waals surface area contributed by atoms with Gasteiger partial charge in [-0.2, -0.15) is 18.2 Å². The van der Waals surface area contributed by atoms with E-state index in [-0.39, 0.29) is 24.8 Å². The van der Waals surface area contributed by atoms with Crippen LogP contribution < -0.4 is 10.6 Å². The van der Waals surface area contributed by atoms with Crippen LogP contribution in [0.2, 0.25) is 0 Å². The Morgan fingerprint density at radius 3 is 2.52 bits per heavy atom. The topological polar surface area (TPSA) is 123 Å². The van der Waals surface area contributed by atoms with Crippen LogP contribution in [-0.4, -0.2) is 67.3 Å². The Morgan fingerprint density at radius 2 is 1.88 bits per heavy atom. The van der Waals surface area contributed by atoms with Crippen molar-refractivity contribution in [3.8, 4) is 10.6 Å². The first kappa shape index (κ1) is 23.6. The summed E-state index contributed by atoms with van der Waals surface area (Å²) in [6.07, 6.45) is -6.56. The molecule has 0 saturated heterocycles. The highest BCUT2D eigenvalue weighted by molar-refractivity contribution is 7.21. The first-order valence-electron chi connectivity index (χ1n) is 10.4. The van der Waals surface area contributed by atoms with E-state index < -0.39 is 36.4 Å². The first-order valence-corrected chi connectivity index (χ1v) is 11.2. The fraction of sp³-hybridized carbons (Fsp3) is 0.476. The zero-order chi connectivity index (χ0) is 23.9. The molecule has 2 unspecified atom stereocenters. The van der Waals surface area contributed by atoms with Gasteiger partial charge in [-0.3, -0.25) is 0 Å². The highest BCUT2D eigenvalue weighted by Crippen LogP contribution is 2.38. The Morgan fingerprint density at radius 1 is 1.15 bits per heavy atom. The summed E-state index contributed by atoms with van der Waals surface area (Å²) in [6, 6.07) is 4.93. The number of rotatable bonds is 6. The minimum atomic E-state index is -4.49. The third-order valence-electron chi connectivity index (χ3n) is 5.79. The standard InChI is InChI=1S/C21H24F3N5O3S/c1-9-15(19-28-12-5-3-4-6-14(12)33-19)18(27-13-7-11(8-30)16(31)17(13)32)29-20(25-9)26-10(2)21(22,23)24/h3-6,10-11,13,16-17,30-32H,7-8H2,1-2H3,(H2,25,26,27,29)/t10-,11?,13?,16-,17+/m1/s1. The molecule has 0 bridgehead atoms. The molecule has 1 aliphatic rings. The Hall–Kier alpha value is -2.54. The second kappa shape index (κ2) is 9.01. The Labute approximate surface area is 191 Å². The van der Waals surface area contributed by atoms with Crippen LogP contribution in [0.5, 0.6) is 0 Å². The van der Waals surface area contributed by atoms with E-state index >= 15 is 0 Å². The lowest BCUT2D eigenvalue weighted by molar-refractivity contribution is -0.138. The summed E-state index contributed by atoms with van der Waals surface area (Å²) in [5.41, 5.74) is 1.65. The molecule has 8 nitrogen and oxygen atoms in total. The lowest BCUT2D eigenvalue weighted by Gasteiger charge is -2.22. The van der Waals surface area contributed by atoms with Crippen molar-refractivity contribution < 1.29 is 28.5 Å². The van der Waals surface area contributed by atoms with Crippen LogP contribution in [0.25, 0.3) is 20.8 Å². The summed E-state index contributed by atoms with van der Waals surface area (Å²) in [5.74, 6) is -0.570. The number of nitrogens with one attached hydrogen (secondary N) is 2. The van der Waals surface area contributed by atoms with Crippen LogP contribution in [-0.2, 0) is 0 Å². The van der Waals surface area contributed by atoms with Gasteiger partial charge in [-0.25, -0.2) is 9.97 Å². The summed E-state index contributed by atoms with van der Waals surface area (Å²) in [6.45, 7) is 2.31. The second-order valence-electron chi connectivity index (χ2n) is 8.16. The van der Waals surface area contributed by atoms with Gasteiger partial charge in [-0.1, -0.05) is 12.1 Å². The van der Waals surface area contributed by atoms with Gasteiger partial charge in [0.25, 0.3) is 0 Å². The van der Waals surface area contributed by atoms with Gasteiger partial charge >= 0.3 is 6.18 Å². The smallest absolute Gasteiger partial charge is 0.396 e. The van der Waals surface area contributed by atoms with Crippen molar-refractivity contribution in [2.24, 2.45) is 5.92 Å². The van der Waals surface area contributed by atoms with E-state index in [9.17, 15) is 28.5 Å². The highest BCUT2D eigenvalue weighted by Gasteiger charge is 2.42. The average molecular weight is 484 g/mol. The van der Waals surface area contributed by atoms with Gasteiger partial charge in [0, 0.05) is 12.5 Å². The number of benzene rings is 1. The molecule has 4 rings (SSSR count). The second-order valence-corrected chi connectivity index (χ2v) is 9.19. The SMILES string of the molecule is Cc1nc(N[C@H](C)C(F)(F)F)nc(NC2CC(CO)[C@@H](O)[C@H]2O)c1-c1nc2ccccc2s1. The van der Waals surface area contributed by atoms with Gasteiger partial charge in [0.05, 0.1) is 33.6 Å². The number of aromatic nitrogens is 3. The molecule has 0 aliphatic heterocycles. The molecule has 2 heterocycles. The number of alkyl halides is 3. The van der Waals surface area contributed by atoms with Crippen molar-refractivity contribution in [1.29, 1.82) is 0 Å². The third-order valence-corrected chi connectivity index (χ3v) is 6.85. The van der Waals surface area contributed by atoms with Crippen molar-refractivity contribution in [2.45, 2.75) is 50.7 Å². The lowest BCUT2D eigenvalue weighted by atomic mass is 10.1. The minimum Gasteiger partial charge on any atom is -0.396 e. The summed E-state index contributed by atoms with van der Waals surface area (Å²) in [5, 5.41) is 36.0. The van der Waals surface area contributed by atoms with E-state index in [2.05, 4.69) is 25.6 Å². The number of aliphatic hydroxyl groups excluding tert-OH is 3. The number of thiazole rings is 1. The normalized spacial score (nSPS) is 24.2. The van der Waals surface area contributed by atoms with Crippen LogP contribution in [0.3, 0.4) is 0 Å². The molecule has 3 aromatic rings. The molecule has 2 aromatic heterocycles. The van der Waals surface area contributed by atoms with Crippen molar-refractivity contribution in [3.05, 3.63) is 30.0 Å². The van der Waals surface area contributed by atoms with Crippen molar-refractivity contribution in [2.75, 3.05) is 17.2 Å². The third kappa shape index (κ3) is 4.74. The molecule has 1 aliphatic carbocycles. The maximum absolute atomic E-state index is 13.1. The summed E-state index contributed by atoms with van der Waals surface area (Å²) in [7, 11) is 0. The fourth-order valence-electron chi connectivity index (χ4n) is 3.88. The Bertz CT molecular complexity index is 1110. The number of para-hydroxylation sites is 1. The average Bonchev–Trinajstić information content (AvgIpc) is 3.28. The highest BCUT2D eigenvalue weighted by atomic mass is 32.1. The fourth-order valence-corrected chi connectivity index (χ4v) is 4.94. The monoisotopic (exact) mass is 483 g/mol. The largest absolute Gasteiger partial charge is 0.408 e. The van der Waals surface area contributed by atoms with Gasteiger partial charge in [0.2, 0.25) is 5.95 Å². The molecule has 0 radical (unpaired) electrons. The molecule has 0 spiro atoms. The van der Waals surface area contributed by atoms with Crippen LogP contribution in [0, 0.1) is 12.8 Å². The van der Waals surface area contributed by atoms with E-state index in [0.717, 1.165) is 17.1 Å². The molecule has 1 fully saturated rings. The van der Waals surface area contributed by atoms with E-state index in [4.69, 9.17) is 0 Å². The van der Waals surface area contributed by atoms with E-state index in [1.807, 2.05) is 24.3 Å². The number of hydrogen-bond donors (Lipinski definition) is 5. The maximum atomic E-state index is 13.1. The van der Waals surface area contributed by atoms with Gasteiger partial charge in [-0.05, 0) is 32.4 Å². The zero-order valence-electron chi connectivity index (χ0n) is 17.8. The molecular formula is C21H24F3N5O3S.